The lowest BCUT2D eigenvalue weighted by Crippen LogP contribution is -2.40. The Labute approximate surface area is 195 Å². The Morgan fingerprint density at radius 3 is 2.50 bits per heavy atom. The minimum absolute atomic E-state index is 0.344. The van der Waals surface area contributed by atoms with Crippen LogP contribution in [0.25, 0.3) is 0 Å². The molecule has 3 aromatic rings. The first-order valence-electron chi connectivity index (χ1n) is 10.5. The number of thioether (sulfide) groups is 1. The first-order valence-corrected chi connectivity index (χ1v) is 12.3. The van der Waals surface area contributed by atoms with Crippen LogP contribution in [0.2, 0.25) is 0 Å². The molecule has 32 heavy (non-hydrogen) atoms. The van der Waals surface area contributed by atoms with Crippen molar-refractivity contribution in [2.75, 3.05) is 7.11 Å². The highest BCUT2D eigenvalue weighted by Crippen LogP contribution is 2.49. The number of rotatable bonds is 7. The summed E-state index contributed by atoms with van der Waals surface area (Å²) in [6.45, 7) is 2.08. The van der Waals surface area contributed by atoms with Crippen LogP contribution in [-0.4, -0.2) is 29.1 Å². The molecule has 0 saturated heterocycles. The van der Waals surface area contributed by atoms with Gasteiger partial charge in [-0.25, -0.2) is 4.79 Å². The average Bonchev–Trinajstić information content (AvgIpc) is 3.21. The monoisotopic (exact) mass is 467 g/mol. The fourth-order valence-electron chi connectivity index (χ4n) is 4.50. The molecule has 1 aliphatic rings. The molecular formula is C25H25NO4S2. The molecule has 2 aromatic carbocycles. The van der Waals surface area contributed by atoms with Gasteiger partial charge < -0.3 is 15.1 Å². The van der Waals surface area contributed by atoms with Crippen LogP contribution in [-0.2, 0) is 17.6 Å². The third-order valence-electron chi connectivity index (χ3n) is 6.22. The van der Waals surface area contributed by atoms with Crippen LogP contribution in [0.5, 0.6) is 5.75 Å². The van der Waals surface area contributed by atoms with Crippen molar-refractivity contribution in [3.05, 3.63) is 81.7 Å². The SMILES string of the molecule is CCC1(c2ccc(OC)cc2)CCc2c(C(=O)O)sc(SCc3ccccc3)c2C1=NO. The number of ether oxygens (including phenoxy) is 1. The van der Waals surface area contributed by atoms with Crippen molar-refractivity contribution in [1.29, 1.82) is 0 Å². The molecule has 1 heterocycles. The van der Waals surface area contributed by atoms with E-state index in [0.717, 1.165) is 38.6 Å². The molecular weight excluding hydrogens is 442 g/mol. The van der Waals surface area contributed by atoms with Gasteiger partial charge in [-0.1, -0.05) is 54.5 Å². The lowest BCUT2D eigenvalue weighted by Gasteiger charge is -2.38. The van der Waals surface area contributed by atoms with Crippen LogP contribution < -0.4 is 4.74 Å². The van der Waals surface area contributed by atoms with Gasteiger partial charge in [-0.3, -0.25) is 0 Å². The predicted molar refractivity (Wildman–Crippen MR) is 129 cm³/mol. The number of hydrogen-bond donors (Lipinski definition) is 2. The zero-order valence-corrected chi connectivity index (χ0v) is 19.6. The molecule has 5 nitrogen and oxygen atoms in total. The molecule has 1 atom stereocenters. The molecule has 0 radical (unpaired) electrons. The van der Waals surface area contributed by atoms with E-state index in [9.17, 15) is 15.1 Å². The van der Waals surface area contributed by atoms with Crippen molar-refractivity contribution < 1.29 is 19.8 Å². The predicted octanol–water partition coefficient (Wildman–Crippen LogP) is 6.22. The highest BCUT2D eigenvalue weighted by Gasteiger charge is 2.44. The van der Waals surface area contributed by atoms with Crippen molar-refractivity contribution in [2.45, 2.75) is 41.6 Å². The summed E-state index contributed by atoms with van der Waals surface area (Å²) in [5, 5.41) is 23.9. The van der Waals surface area contributed by atoms with Crippen molar-refractivity contribution >= 4 is 34.8 Å². The Morgan fingerprint density at radius 1 is 1.19 bits per heavy atom. The quantitative estimate of drug-likeness (QED) is 0.245. The van der Waals surface area contributed by atoms with Gasteiger partial charge in [0.2, 0.25) is 0 Å². The number of carboxylic acid groups (broad SMARTS) is 1. The molecule has 1 aliphatic carbocycles. The van der Waals surface area contributed by atoms with E-state index in [2.05, 4.69) is 24.2 Å². The fraction of sp³-hybridized carbons (Fsp3) is 0.280. The molecule has 7 heteroatoms. The summed E-state index contributed by atoms with van der Waals surface area (Å²) in [5.74, 6) is 0.554. The van der Waals surface area contributed by atoms with Gasteiger partial charge in [-0.05, 0) is 48.1 Å². The third-order valence-corrected chi connectivity index (χ3v) is 8.78. The number of thiophene rings is 1. The van der Waals surface area contributed by atoms with E-state index in [1.165, 1.54) is 11.3 Å². The summed E-state index contributed by atoms with van der Waals surface area (Å²) in [5.41, 5.74) is 3.84. The maximum absolute atomic E-state index is 12.0. The Balaban J connectivity index is 1.80. The lowest BCUT2D eigenvalue weighted by atomic mass is 9.65. The van der Waals surface area contributed by atoms with E-state index in [-0.39, 0.29) is 0 Å². The topological polar surface area (TPSA) is 79.1 Å². The average molecular weight is 468 g/mol. The second kappa shape index (κ2) is 9.38. The maximum atomic E-state index is 12.0. The largest absolute Gasteiger partial charge is 0.497 e. The Hall–Kier alpha value is -2.77. The number of oxime groups is 1. The van der Waals surface area contributed by atoms with Crippen molar-refractivity contribution in [2.24, 2.45) is 5.16 Å². The number of methoxy groups -OCH3 is 1. The minimum Gasteiger partial charge on any atom is -0.497 e. The highest BCUT2D eigenvalue weighted by atomic mass is 32.2. The van der Waals surface area contributed by atoms with Crippen LogP contribution in [0.3, 0.4) is 0 Å². The van der Waals surface area contributed by atoms with Gasteiger partial charge in [0.05, 0.1) is 17.0 Å². The Bertz CT molecular complexity index is 1140. The van der Waals surface area contributed by atoms with Crippen molar-refractivity contribution in [3.63, 3.8) is 0 Å². The number of benzene rings is 2. The molecule has 0 amide bonds. The number of carboxylic acids is 1. The summed E-state index contributed by atoms with van der Waals surface area (Å²) >= 11 is 2.89. The van der Waals surface area contributed by atoms with Crippen molar-refractivity contribution in [1.82, 2.24) is 0 Å². The van der Waals surface area contributed by atoms with Gasteiger partial charge in [0, 0.05) is 16.7 Å². The second-order valence-corrected chi connectivity index (χ2v) is 10.0. The lowest BCUT2D eigenvalue weighted by molar-refractivity contribution is 0.0701. The molecule has 1 aromatic heterocycles. The van der Waals surface area contributed by atoms with Gasteiger partial charge in [-0.2, -0.15) is 0 Å². The van der Waals surface area contributed by atoms with Gasteiger partial charge in [0.15, 0.2) is 0 Å². The molecule has 0 saturated carbocycles. The Morgan fingerprint density at radius 2 is 1.91 bits per heavy atom. The molecule has 166 valence electrons. The van der Waals surface area contributed by atoms with Gasteiger partial charge >= 0.3 is 5.97 Å². The van der Waals surface area contributed by atoms with E-state index in [1.807, 2.05) is 42.5 Å². The second-order valence-electron chi connectivity index (χ2n) is 7.76. The summed E-state index contributed by atoms with van der Waals surface area (Å²) in [4.78, 5) is 12.4. The highest BCUT2D eigenvalue weighted by molar-refractivity contribution is 8.00. The molecule has 1 unspecified atom stereocenters. The van der Waals surface area contributed by atoms with E-state index in [0.29, 0.717) is 29.2 Å². The van der Waals surface area contributed by atoms with Gasteiger partial charge in [0.1, 0.15) is 10.6 Å². The zero-order chi connectivity index (χ0) is 22.7. The number of fused-ring (bicyclic) bond motifs is 1. The van der Waals surface area contributed by atoms with E-state index >= 15 is 0 Å². The summed E-state index contributed by atoms with van der Waals surface area (Å²) in [6, 6.07) is 17.9. The first kappa shape index (κ1) is 22.4. The van der Waals surface area contributed by atoms with Gasteiger partial charge in [0.25, 0.3) is 0 Å². The third kappa shape index (κ3) is 3.91. The zero-order valence-electron chi connectivity index (χ0n) is 18.0. The minimum atomic E-state index is -0.927. The van der Waals surface area contributed by atoms with E-state index < -0.39 is 11.4 Å². The number of hydrogen-bond acceptors (Lipinski definition) is 6. The fourth-order valence-corrected chi connectivity index (χ4v) is 6.94. The standard InChI is InChI=1S/C25H25NO4S2/c1-3-25(17-9-11-18(30-2)12-10-17)14-13-19-20(22(25)26-29)24(32-21(19)23(27)28)31-15-16-7-5-4-6-8-16/h4-12,29H,3,13-15H2,1-2H3,(H,27,28). The molecule has 0 fully saturated rings. The normalized spacial score (nSPS) is 19.0. The maximum Gasteiger partial charge on any atom is 0.346 e. The number of carbonyl (C=O) groups is 1. The molecule has 4 rings (SSSR count). The van der Waals surface area contributed by atoms with E-state index in [1.54, 1.807) is 18.9 Å². The van der Waals surface area contributed by atoms with Crippen LogP contribution in [0.1, 0.15) is 51.7 Å². The molecule has 0 spiro atoms. The summed E-state index contributed by atoms with van der Waals surface area (Å²) in [7, 11) is 1.63. The Kier molecular flexibility index (Phi) is 6.58. The van der Waals surface area contributed by atoms with Crippen molar-refractivity contribution in [3.8, 4) is 5.75 Å². The molecule has 2 N–H and O–H groups in total. The number of nitrogens with zero attached hydrogens (tertiary/aromatic N) is 1. The number of aromatic carboxylic acids is 1. The van der Waals surface area contributed by atoms with E-state index in [4.69, 9.17) is 4.74 Å². The first-order chi connectivity index (χ1) is 15.5. The van der Waals surface area contributed by atoms with Crippen LogP contribution in [0.15, 0.2) is 64.0 Å². The van der Waals surface area contributed by atoms with Crippen LogP contribution >= 0.6 is 23.1 Å². The van der Waals surface area contributed by atoms with Gasteiger partial charge in [-0.15, -0.1) is 23.1 Å². The molecule has 0 aliphatic heterocycles. The summed E-state index contributed by atoms with van der Waals surface area (Å²) < 4.78 is 6.20. The van der Waals surface area contributed by atoms with Crippen LogP contribution in [0.4, 0.5) is 0 Å². The smallest absolute Gasteiger partial charge is 0.346 e. The summed E-state index contributed by atoms with van der Waals surface area (Å²) in [6.07, 6.45) is 2.04. The van der Waals surface area contributed by atoms with Crippen LogP contribution in [0, 0.1) is 0 Å². The molecule has 0 bridgehead atoms.